The molecule has 0 aromatic heterocycles. The van der Waals surface area contributed by atoms with Gasteiger partial charge in [0.2, 0.25) is 10.0 Å². The molecule has 0 saturated heterocycles. The highest BCUT2D eigenvalue weighted by molar-refractivity contribution is 7.92. The third-order valence-corrected chi connectivity index (χ3v) is 3.27. The molecule has 130 valence electrons. The first-order chi connectivity index (χ1) is 11.2. The molecule has 0 heterocycles. The van der Waals surface area contributed by atoms with Crippen LogP contribution >= 0.6 is 0 Å². The monoisotopic (exact) mass is 352 g/mol. The zero-order chi connectivity index (χ0) is 18.3. The lowest BCUT2D eigenvalue weighted by Crippen LogP contribution is -2.13. The van der Waals surface area contributed by atoms with Crippen LogP contribution in [-0.4, -0.2) is 30.8 Å². The summed E-state index contributed by atoms with van der Waals surface area (Å²) in [5, 5.41) is 21.1. The van der Waals surface area contributed by atoms with Gasteiger partial charge in [-0.25, -0.2) is 8.42 Å². The van der Waals surface area contributed by atoms with Crippen LogP contribution in [0.2, 0.25) is 0 Å². The average molecular weight is 352 g/mol. The Morgan fingerprint density at radius 2 is 1.62 bits per heavy atom. The second kappa shape index (κ2) is 8.21. The number of hydrogen-bond acceptors (Lipinski definition) is 5. The van der Waals surface area contributed by atoms with E-state index >= 15 is 0 Å². The van der Waals surface area contributed by atoms with Crippen molar-refractivity contribution in [2.75, 3.05) is 16.3 Å². The number of aromatic hydroxyl groups is 2. The summed E-state index contributed by atoms with van der Waals surface area (Å²) in [4.78, 5) is 12.1. The minimum atomic E-state index is -3.43. The molecule has 7 nitrogen and oxygen atoms in total. The number of sulfonamides is 1. The average Bonchev–Trinajstić information content (AvgIpc) is 2.51. The van der Waals surface area contributed by atoms with Crippen LogP contribution in [0.5, 0.6) is 11.5 Å². The molecule has 0 aliphatic heterocycles. The maximum Gasteiger partial charge on any atom is 0.255 e. The quantitative estimate of drug-likeness (QED) is 0.499. The Morgan fingerprint density at radius 1 is 0.958 bits per heavy atom. The second-order valence-electron chi connectivity index (χ2n) is 4.61. The van der Waals surface area contributed by atoms with Crippen molar-refractivity contribution in [3.8, 4) is 11.5 Å². The van der Waals surface area contributed by atoms with E-state index in [2.05, 4.69) is 10.0 Å². The summed E-state index contributed by atoms with van der Waals surface area (Å²) < 4.78 is 24.6. The van der Waals surface area contributed by atoms with Gasteiger partial charge in [0.1, 0.15) is 0 Å². The number of anilines is 2. The van der Waals surface area contributed by atoms with Crippen LogP contribution in [0.25, 0.3) is 0 Å². The smallest absolute Gasteiger partial charge is 0.255 e. The SMILES string of the molecule is CC.CS(=O)(=O)Nc1cccc(C(=O)Nc2ccc(O)c(O)c2)c1. The molecule has 4 N–H and O–H groups in total. The number of rotatable bonds is 4. The highest BCUT2D eigenvalue weighted by Crippen LogP contribution is 2.27. The standard InChI is InChI=1S/C14H14N2O5S.C2H6/c1-22(20,21)16-11-4-2-3-9(7-11)14(19)15-10-5-6-12(17)13(18)8-10;1-2/h2-8,16-18H,1H3,(H,15,19);1-2H3. The number of phenolic OH excluding ortho intramolecular Hbond substituents is 2. The second-order valence-corrected chi connectivity index (χ2v) is 6.36. The van der Waals surface area contributed by atoms with E-state index in [-0.39, 0.29) is 22.7 Å². The predicted octanol–water partition coefficient (Wildman–Crippen LogP) is 2.75. The maximum atomic E-state index is 12.1. The van der Waals surface area contributed by atoms with Crippen molar-refractivity contribution in [1.29, 1.82) is 0 Å². The number of amides is 1. The van der Waals surface area contributed by atoms with Crippen LogP contribution in [0.4, 0.5) is 11.4 Å². The van der Waals surface area contributed by atoms with Gasteiger partial charge in [0, 0.05) is 23.0 Å². The van der Waals surface area contributed by atoms with E-state index in [0.29, 0.717) is 5.69 Å². The molecule has 0 atom stereocenters. The van der Waals surface area contributed by atoms with Crippen molar-refractivity contribution in [2.45, 2.75) is 13.8 Å². The first kappa shape index (κ1) is 19.3. The van der Waals surface area contributed by atoms with Crippen LogP contribution in [-0.2, 0) is 10.0 Å². The highest BCUT2D eigenvalue weighted by Gasteiger charge is 2.10. The van der Waals surface area contributed by atoms with Crippen LogP contribution in [0.3, 0.4) is 0 Å². The lowest BCUT2D eigenvalue weighted by atomic mass is 10.2. The van der Waals surface area contributed by atoms with Gasteiger partial charge in [-0.2, -0.15) is 0 Å². The molecular weight excluding hydrogens is 332 g/mol. The van der Waals surface area contributed by atoms with Crippen molar-refractivity contribution >= 4 is 27.3 Å². The zero-order valence-corrected chi connectivity index (χ0v) is 14.4. The van der Waals surface area contributed by atoms with Crippen molar-refractivity contribution < 1.29 is 23.4 Å². The van der Waals surface area contributed by atoms with Gasteiger partial charge in [0.25, 0.3) is 5.91 Å². The van der Waals surface area contributed by atoms with Crippen molar-refractivity contribution in [2.24, 2.45) is 0 Å². The summed E-state index contributed by atoms with van der Waals surface area (Å²) in [6.45, 7) is 4.00. The van der Waals surface area contributed by atoms with Gasteiger partial charge < -0.3 is 15.5 Å². The molecule has 0 aliphatic carbocycles. The number of hydrogen-bond donors (Lipinski definition) is 4. The molecule has 0 bridgehead atoms. The fraction of sp³-hybridized carbons (Fsp3) is 0.188. The third-order valence-electron chi connectivity index (χ3n) is 2.66. The van der Waals surface area contributed by atoms with Gasteiger partial charge in [-0.05, 0) is 30.3 Å². The summed E-state index contributed by atoms with van der Waals surface area (Å²) in [6.07, 6.45) is 1.01. The molecule has 8 heteroatoms. The van der Waals surface area contributed by atoms with E-state index in [9.17, 15) is 23.4 Å². The highest BCUT2D eigenvalue weighted by atomic mass is 32.2. The molecule has 2 aromatic carbocycles. The third kappa shape index (κ3) is 5.81. The molecule has 1 amide bonds. The summed E-state index contributed by atoms with van der Waals surface area (Å²) in [5.74, 6) is -1.13. The van der Waals surface area contributed by atoms with Crippen molar-refractivity contribution in [3.05, 3.63) is 48.0 Å². The summed E-state index contributed by atoms with van der Waals surface area (Å²) in [6, 6.07) is 9.82. The van der Waals surface area contributed by atoms with Gasteiger partial charge in [-0.15, -0.1) is 0 Å². The Labute approximate surface area is 141 Å². The number of carbonyl (C=O) groups is 1. The van der Waals surface area contributed by atoms with E-state index < -0.39 is 15.9 Å². The molecule has 0 unspecified atom stereocenters. The molecule has 2 aromatic rings. The van der Waals surface area contributed by atoms with Crippen LogP contribution in [0, 0.1) is 0 Å². The molecule has 0 radical (unpaired) electrons. The molecule has 0 fully saturated rings. The normalized spacial score (nSPS) is 10.3. The number of carbonyl (C=O) groups excluding carboxylic acids is 1. The lowest BCUT2D eigenvalue weighted by molar-refractivity contribution is 0.102. The molecule has 0 aliphatic rings. The Kier molecular flexibility index (Phi) is 6.60. The van der Waals surface area contributed by atoms with Gasteiger partial charge in [-0.1, -0.05) is 19.9 Å². The molecule has 2 rings (SSSR count). The van der Waals surface area contributed by atoms with E-state index in [1.807, 2.05) is 13.8 Å². The Balaban J connectivity index is 0.00000139. The van der Waals surface area contributed by atoms with Gasteiger partial charge >= 0.3 is 0 Å². The first-order valence-corrected chi connectivity index (χ1v) is 9.05. The lowest BCUT2D eigenvalue weighted by Gasteiger charge is -2.08. The van der Waals surface area contributed by atoms with E-state index in [0.717, 1.165) is 6.26 Å². The fourth-order valence-corrected chi connectivity index (χ4v) is 2.30. The van der Waals surface area contributed by atoms with E-state index in [1.54, 1.807) is 0 Å². The minimum Gasteiger partial charge on any atom is -0.504 e. The maximum absolute atomic E-state index is 12.1. The van der Waals surface area contributed by atoms with Crippen LogP contribution < -0.4 is 10.0 Å². The Hall–Kier alpha value is -2.74. The van der Waals surface area contributed by atoms with Crippen molar-refractivity contribution in [1.82, 2.24) is 0 Å². The number of phenols is 2. The Morgan fingerprint density at radius 3 is 2.21 bits per heavy atom. The largest absolute Gasteiger partial charge is 0.504 e. The van der Waals surface area contributed by atoms with E-state index in [1.165, 1.54) is 42.5 Å². The van der Waals surface area contributed by atoms with E-state index in [4.69, 9.17) is 0 Å². The molecule has 0 saturated carbocycles. The fourth-order valence-electron chi connectivity index (χ4n) is 1.74. The van der Waals surface area contributed by atoms with Crippen LogP contribution in [0.15, 0.2) is 42.5 Å². The zero-order valence-electron chi connectivity index (χ0n) is 13.6. The van der Waals surface area contributed by atoms with Gasteiger partial charge in [0.15, 0.2) is 11.5 Å². The topological polar surface area (TPSA) is 116 Å². The minimum absolute atomic E-state index is 0.237. The number of nitrogens with one attached hydrogen (secondary N) is 2. The van der Waals surface area contributed by atoms with Gasteiger partial charge in [-0.3, -0.25) is 9.52 Å². The molecule has 24 heavy (non-hydrogen) atoms. The van der Waals surface area contributed by atoms with Crippen molar-refractivity contribution in [3.63, 3.8) is 0 Å². The Bertz CT molecular complexity index is 819. The first-order valence-electron chi connectivity index (χ1n) is 7.16. The van der Waals surface area contributed by atoms with Crippen LogP contribution in [0.1, 0.15) is 24.2 Å². The summed E-state index contributed by atoms with van der Waals surface area (Å²) in [7, 11) is -3.43. The summed E-state index contributed by atoms with van der Waals surface area (Å²) in [5.41, 5.74) is 0.798. The number of benzene rings is 2. The summed E-state index contributed by atoms with van der Waals surface area (Å²) >= 11 is 0. The molecule has 0 spiro atoms. The molecular formula is C16H20N2O5S. The van der Waals surface area contributed by atoms with Gasteiger partial charge in [0.05, 0.1) is 6.26 Å². The predicted molar refractivity (Wildman–Crippen MR) is 94.0 cm³/mol.